The summed E-state index contributed by atoms with van der Waals surface area (Å²) in [6.07, 6.45) is 8.29. The first-order valence-corrected chi connectivity index (χ1v) is 18.7. The zero-order chi connectivity index (χ0) is 36.0. The van der Waals surface area contributed by atoms with E-state index in [2.05, 4.69) is 38.8 Å². The Balaban J connectivity index is 1.13. The number of hydrogen-bond donors (Lipinski definition) is 3. The van der Waals surface area contributed by atoms with Gasteiger partial charge in [0, 0.05) is 35.7 Å². The van der Waals surface area contributed by atoms with Crippen LogP contribution < -0.4 is 14.8 Å². The standard InChI is InChI=1S/C38H42N6O6S/c1-23-8-5-9-24(2)33(23)29-18-32(43-36(42-29)44-51(47,48)28-11-6-10-25(16-28)35(45)46)49-22-26(19-37(3)14-15-37)39-20-27-21-40-34-30(41-27)17-31(50-34)38(4)12-7-13-38/h5-6,8-11,16-18,21,26,39H,7,12-15,19-20,22H2,1-4H3,(H,45,46)(H,42,43,44)/t26-/m1/s1. The van der Waals surface area contributed by atoms with E-state index in [-0.39, 0.29) is 45.8 Å². The van der Waals surface area contributed by atoms with Crippen LogP contribution in [0.25, 0.3) is 22.5 Å². The number of furan rings is 1. The van der Waals surface area contributed by atoms with Crippen LogP contribution in [0.4, 0.5) is 5.95 Å². The molecule has 5 aromatic rings. The lowest BCUT2D eigenvalue weighted by Crippen LogP contribution is -2.36. The highest BCUT2D eigenvalue weighted by atomic mass is 32.2. The van der Waals surface area contributed by atoms with Gasteiger partial charge < -0.3 is 19.6 Å². The van der Waals surface area contributed by atoms with E-state index in [1.807, 2.05) is 38.1 Å². The number of carboxylic acid groups (broad SMARTS) is 1. The van der Waals surface area contributed by atoms with Gasteiger partial charge in [0.15, 0.2) is 0 Å². The van der Waals surface area contributed by atoms with E-state index in [0.717, 1.165) is 71.8 Å². The van der Waals surface area contributed by atoms with Crippen LogP contribution in [0.5, 0.6) is 5.88 Å². The minimum atomic E-state index is -4.24. The van der Waals surface area contributed by atoms with Gasteiger partial charge in [-0.2, -0.15) is 4.98 Å². The third-order valence-electron chi connectivity index (χ3n) is 10.2. The Kier molecular flexibility index (Phi) is 9.05. The van der Waals surface area contributed by atoms with E-state index < -0.39 is 16.0 Å². The highest BCUT2D eigenvalue weighted by Crippen LogP contribution is 2.49. The fourth-order valence-electron chi connectivity index (χ4n) is 6.70. The molecular weight excluding hydrogens is 669 g/mol. The maximum atomic E-state index is 13.4. The van der Waals surface area contributed by atoms with Gasteiger partial charge in [0.2, 0.25) is 17.5 Å². The van der Waals surface area contributed by atoms with Crippen LogP contribution in [0.3, 0.4) is 0 Å². The highest BCUT2D eigenvalue weighted by molar-refractivity contribution is 7.92. The van der Waals surface area contributed by atoms with E-state index in [1.54, 1.807) is 12.3 Å². The predicted octanol–water partition coefficient (Wildman–Crippen LogP) is 6.96. The maximum Gasteiger partial charge on any atom is 0.335 e. The number of carboxylic acids is 1. The number of hydrogen-bond acceptors (Lipinski definition) is 10. The van der Waals surface area contributed by atoms with Crippen LogP contribution >= 0.6 is 0 Å². The van der Waals surface area contributed by atoms with Gasteiger partial charge >= 0.3 is 5.97 Å². The van der Waals surface area contributed by atoms with E-state index in [0.29, 0.717) is 18.0 Å². The molecular formula is C38H42N6O6S. The molecule has 0 aliphatic heterocycles. The van der Waals surface area contributed by atoms with Crippen molar-refractivity contribution in [3.63, 3.8) is 0 Å². The summed E-state index contributed by atoms with van der Waals surface area (Å²) in [6, 6.07) is 14.6. The smallest absolute Gasteiger partial charge is 0.335 e. The number of ether oxygens (including phenoxy) is 1. The average Bonchev–Trinajstić information content (AvgIpc) is 3.64. The van der Waals surface area contributed by atoms with Crippen LogP contribution in [0.2, 0.25) is 0 Å². The molecule has 2 fully saturated rings. The molecule has 2 aliphatic rings. The first-order chi connectivity index (χ1) is 24.3. The van der Waals surface area contributed by atoms with E-state index in [4.69, 9.17) is 14.1 Å². The summed E-state index contributed by atoms with van der Waals surface area (Å²) in [5.74, 6) is -0.282. The Morgan fingerprint density at radius 3 is 2.43 bits per heavy atom. The van der Waals surface area contributed by atoms with Gasteiger partial charge in [-0.05, 0) is 80.7 Å². The average molecular weight is 711 g/mol. The molecule has 51 heavy (non-hydrogen) atoms. The third-order valence-corrected chi connectivity index (χ3v) is 11.6. The topological polar surface area (TPSA) is 169 Å². The molecule has 2 aromatic carbocycles. The van der Waals surface area contributed by atoms with Gasteiger partial charge in [-0.3, -0.25) is 0 Å². The number of sulfonamides is 1. The Bertz CT molecular complexity index is 2210. The van der Waals surface area contributed by atoms with Gasteiger partial charge in [0.1, 0.15) is 17.9 Å². The largest absolute Gasteiger partial charge is 0.478 e. The third kappa shape index (κ3) is 7.59. The van der Waals surface area contributed by atoms with Gasteiger partial charge in [0.25, 0.3) is 10.0 Å². The van der Waals surface area contributed by atoms with Crippen molar-refractivity contribution in [1.29, 1.82) is 0 Å². The zero-order valence-corrected chi connectivity index (χ0v) is 30.0. The summed E-state index contributed by atoms with van der Waals surface area (Å²) >= 11 is 0. The van der Waals surface area contributed by atoms with Gasteiger partial charge in [0.05, 0.1) is 28.0 Å². The lowest BCUT2D eigenvalue weighted by atomic mass is 9.69. The molecule has 0 radical (unpaired) electrons. The molecule has 3 N–H and O–H groups in total. The minimum Gasteiger partial charge on any atom is -0.478 e. The second-order valence-corrected chi connectivity index (χ2v) is 16.3. The van der Waals surface area contributed by atoms with E-state index >= 15 is 0 Å². The summed E-state index contributed by atoms with van der Waals surface area (Å²) in [6.45, 7) is 9.14. The van der Waals surface area contributed by atoms with Crippen LogP contribution in [0.1, 0.15) is 85.3 Å². The van der Waals surface area contributed by atoms with E-state index in [9.17, 15) is 18.3 Å². The second kappa shape index (κ2) is 13.3. The molecule has 3 heterocycles. The molecule has 0 bridgehead atoms. The molecule has 3 aromatic heterocycles. The molecule has 2 saturated carbocycles. The molecule has 7 rings (SSSR count). The predicted molar refractivity (Wildman–Crippen MR) is 192 cm³/mol. The van der Waals surface area contributed by atoms with Crippen molar-refractivity contribution in [2.24, 2.45) is 5.41 Å². The summed E-state index contributed by atoms with van der Waals surface area (Å²) in [4.78, 5) is 29.7. The molecule has 0 unspecified atom stereocenters. The van der Waals surface area contributed by atoms with Crippen LogP contribution in [-0.2, 0) is 22.0 Å². The lowest BCUT2D eigenvalue weighted by molar-refractivity contribution is 0.0696. The second-order valence-electron chi connectivity index (χ2n) is 14.6. The Morgan fingerprint density at radius 2 is 1.75 bits per heavy atom. The number of aromatic carboxylic acids is 1. The molecule has 13 heteroatoms. The number of nitrogens with one attached hydrogen (secondary N) is 2. The van der Waals surface area contributed by atoms with Crippen molar-refractivity contribution in [3.05, 3.63) is 88.9 Å². The minimum absolute atomic E-state index is 0.0622. The number of carbonyl (C=O) groups is 1. The van der Waals surface area contributed by atoms with Crippen molar-refractivity contribution in [3.8, 4) is 17.1 Å². The number of aryl methyl sites for hydroxylation is 2. The van der Waals surface area contributed by atoms with Crippen molar-refractivity contribution < 1.29 is 27.5 Å². The van der Waals surface area contributed by atoms with Gasteiger partial charge in [-0.15, -0.1) is 0 Å². The van der Waals surface area contributed by atoms with Crippen molar-refractivity contribution in [2.45, 2.75) is 89.1 Å². The first kappa shape index (κ1) is 34.6. The SMILES string of the molecule is Cc1cccc(C)c1-c1cc(OC[C@@H](CC2(C)CC2)NCc2cnc3oc(C4(C)CCC4)cc3n2)nc(NS(=O)(=O)c2cccc(C(=O)O)c2)n1. The first-order valence-electron chi connectivity index (χ1n) is 17.2. The zero-order valence-electron chi connectivity index (χ0n) is 29.2. The number of anilines is 1. The van der Waals surface area contributed by atoms with E-state index in [1.165, 1.54) is 24.6 Å². The Hall–Kier alpha value is -4.88. The van der Waals surface area contributed by atoms with Crippen LogP contribution in [0.15, 0.2) is 70.1 Å². The fraction of sp³-hybridized carbons (Fsp3) is 0.395. The summed E-state index contributed by atoms with van der Waals surface area (Å²) in [5, 5.41) is 13.0. The fourth-order valence-corrected chi connectivity index (χ4v) is 7.69. The summed E-state index contributed by atoms with van der Waals surface area (Å²) in [5.41, 5.74) is 5.44. The monoisotopic (exact) mass is 710 g/mol. The normalized spacial score (nSPS) is 16.7. The van der Waals surface area contributed by atoms with Crippen molar-refractivity contribution in [2.75, 3.05) is 11.3 Å². The molecule has 266 valence electrons. The maximum absolute atomic E-state index is 13.4. The van der Waals surface area contributed by atoms with Gasteiger partial charge in [-0.25, -0.2) is 32.9 Å². The number of benzene rings is 2. The lowest BCUT2D eigenvalue weighted by Gasteiger charge is -2.35. The molecule has 2 aliphatic carbocycles. The van der Waals surface area contributed by atoms with Gasteiger partial charge in [-0.1, -0.05) is 44.5 Å². The number of fused-ring (bicyclic) bond motifs is 1. The highest BCUT2D eigenvalue weighted by Gasteiger charge is 2.39. The Morgan fingerprint density at radius 1 is 1.00 bits per heavy atom. The molecule has 12 nitrogen and oxygen atoms in total. The van der Waals surface area contributed by atoms with Crippen molar-refractivity contribution in [1.82, 2.24) is 25.3 Å². The molecule has 0 amide bonds. The quantitative estimate of drug-likeness (QED) is 0.109. The molecule has 0 saturated heterocycles. The van der Waals surface area contributed by atoms with Crippen LogP contribution in [-0.4, -0.2) is 52.1 Å². The number of aromatic nitrogens is 4. The molecule has 1 atom stereocenters. The number of nitrogens with zero attached hydrogens (tertiary/aromatic N) is 4. The van der Waals surface area contributed by atoms with Crippen LogP contribution in [0, 0.1) is 19.3 Å². The Labute approximate surface area is 297 Å². The number of rotatable bonds is 14. The molecule has 0 spiro atoms. The summed E-state index contributed by atoms with van der Waals surface area (Å²) < 4.78 is 41.7. The summed E-state index contributed by atoms with van der Waals surface area (Å²) in [7, 11) is -4.24. The van der Waals surface area contributed by atoms with Crippen molar-refractivity contribution >= 4 is 33.2 Å².